The van der Waals surface area contributed by atoms with E-state index in [0.29, 0.717) is 16.8 Å². The number of nitrogens with two attached hydrogens (primary N) is 1. The number of allylic oxidation sites excluding steroid dienone is 1. The number of amides is 2. The standard InChI is InChI=1S/C29H20FN5O3S/c30-22-4-2-1-3-16(22)9-12-23(36)17-7-10-19(11-8-17)35-25(37)13-24(29(35)38)39-28-21(15-32)26(18-5-6-18)20(14-31)27(33)34-28/h1-4,7-12,18,24H,5-6,13H2,(H2,33,34). The van der Waals surface area contributed by atoms with Crippen molar-refractivity contribution in [2.45, 2.75) is 35.5 Å². The molecule has 1 saturated carbocycles. The van der Waals surface area contributed by atoms with E-state index >= 15 is 0 Å². The fraction of sp³-hybridized carbons (Fsp3) is 0.172. The first-order valence-corrected chi connectivity index (χ1v) is 12.9. The smallest absolute Gasteiger partial charge is 0.247 e. The van der Waals surface area contributed by atoms with Crippen molar-refractivity contribution in [3.05, 3.63) is 88.2 Å². The monoisotopic (exact) mass is 537 g/mol. The van der Waals surface area contributed by atoms with Gasteiger partial charge in [-0.15, -0.1) is 0 Å². The molecule has 2 aliphatic rings. The van der Waals surface area contributed by atoms with E-state index in [4.69, 9.17) is 5.73 Å². The van der Waals surface area contributed by atoms with Gasteiger partial charge in [0.1, 0.15) is 28.8 Å². The molecule has 2 N–H and O–H groups in total. The molecule has 8 nitrogen and oxygen atoms in total. The Balaban J connectivity index is 1.34. The average Bonchev–Trinajstić information content (AvgIpc) is 3.73. The molecule has 2 amide bonds. The second-order valence-corrected chi connectivity index (χ2v) is 10.3. The first kappa shape index (κ1) is 25.8. The maximum Gasteiger partial charge on any atom is 0.247 e. The van der Waals surface area contributed by atoms with Crippen LogP contribution in [0.3, 0.4) is 0 Å². The highest BCUT2D eigenvalue weighted by Crippen LogP contribution is 2.47. The molecule has 0 spiro atoms. The Morgan fingerprint density at radius 2 is 1.77 bits per heavy atom. The number of thioether (sulfide) groups is 1. The fourth-order valence-electron chi connectivity index (χ4n) is 4.44. The van der Waals surface area contributed by atoms with Crippen molar-refractivity contribution in [3.63, 3.8) is 0 Å². The van der Waals surface area contributed by atoms with E-state index < -0.39 is 22.9 Å². The first-order valence-electron chi connectivity index (χ1n) is 12.1. The van der Waals surface area contributed by atoms with Gasteiger partial charge in [-0.1, -0.05) is 30.0 Å². The van der Waals surface area contributed by atoms with Crippen LogP contribution in [0.25, 0.3) is 6.08 Å². The summed E-state index contributed by atoms with van der Waals surface area (Å²) in [5, 5.41) is 18.7. The van der Waals surface area contributed by atoms with Crippen LogP contribution in [0.1, 0.15) is 57.8 Å². The van der Waals surface area contributed by atoms with Gasteiger partial charge >= 0.3 is 0 Å². The Morgan fingerprint density at radius 1 is 1.08 bits per heavy atom. The minimum atomic E-state index is -0.832. The molecule has 5 rings (SSSR count). The van der Waals surface area contributed by atoms with Gasteiger partial charge in [-0.2, -0.15) is 10.5 Å². The van der Waals surface area contributed by atoms with Crippen LogP contribution < -0.4 is 10.6 Å². The molecule has 3 aromatic rings. The third-order valence-electron chi connectivity index (χ3n) is 6.53. The number of rotatable bonds is 7. The first-order chi connectivity index (χ1) is 18.8. The normalized spacial score (nSPS) is 16.9. The van der Waals surface area contributed by atoms with Crippen LogP contribution >= 0.6 is 11.8 Å². The maximum absolute atomic E-state index is 13.8. The van der Waals surface area contributed by atoms with E-state index in [-0.39, 0.29) is 45.7 Å². The molecule has 1 saturated heterocycles. The number of pyridine rings is 1. The van der Waals surface area contributed by atoms with Gasteiger partial charge in [-0.25, -0.2) is 14.3 Å². The number of imide groups is 1. The van der Waals surface area contributed by atoms with Crippen LogP contribution in [0.4, 0.5) is 15.9 Å². The van der Waals surface area contributed by atoms with E-state index in [9.17, 15) is 29.3 Å². The molecule has 0 bridgehead atoms. The molecule has 1 aliphatic carbocycles. The van der Waals surface area contributed by atoms with Crippen LogP contribution in [0.15, 0.2) is 59.6 Å². The highest BCUT2D eigenvalue weighted by molar-refractivity contribution is 8.00. The minimum absolute atomic E-state index is 0.00108. The Morgan fingerprint density at radius 3 is 2.41 bits per heavy atom. The lowest BCUT2D eigenvalue weighted by molar-refractivity contribution is -0.121. The average molecular weight is 538 g/mol. The lowest BCUT2D eigenvalue weighted by Gasteiger charge is -2.16. The summed E-state index contributed by atoms with van der Waals surface area (Å²) in [6.07, 6.45) is 4.20. The summed E-state index contributed by atoms with van der Waals surface area (Å²) < 4.78 is 13.8. The molecule has 0 radical (unpaired) electrons. The van der Waals surface area contributed by atoms with E-state index in [1.807, 2.05) is 6.07 Å². The Labute approximate surface area is 227 Å². The van der Waals surface area contributed by atoms with Crippen LogP contribution in [-0.2, 0) is 9.59 Å². The van der Waals surface area contributed by atoms with Crippen molar-refractivity contribution >= 4 is 46.9 Å². The summed E-state index contributed by atoms with van der Waals surface area (Å²) in [5.74, 6) is -1.67. The zero-order valence-corrected chi connectivity index (χ0v) is 21.2. The summed E-state index contributed by atoms with van der Waals surface area (Å²) in [7, 11) is 0. The van der Waals surface area contributed by atoms with Crippen molar-refractivity contribution in [3.8, 4) is 12.1 Å². The second-order valence-electron chi connectivity index (χ2n) is 9.11. The minimum Gasteiger partial charge on any atom is -0.383 e. The summed E-state index contributed by atoms with van der Waals surface area (Å²) in [4.78, 5) is 43.9. The van der Waals surface area contributed by atoms with Gasteiger partial charge in [-0.05, 0) is 66.8 Å². The number of carbonyl (C=O) groups is 3. The summed E-state index contributed by atoms with van der Waals surface area (Å²) >= 11 is 0.990. The molecule has 2 aromatic carbocycles. The lowest BCUT2D eigenvalue weighted by atomic mass is 10.0. The number of hydrogen-bond donors (Lipinski definition) is 1. The predicted molar refractivity (Wildman–Crippen MR) is 143 cm³/mol. The van der Waals surface area contributed by atoms with Crippen molar-refractivity contribution in [2.24, 2.45) is 0 Å². The van der Waals surface area contributed by atoms with Crippen LogP contribution in [-0.4, -0.2) is 27.8 Å². The van der Waals surface area contributed by atoms with Gasteiger partial charge in [0.15, 0.2) is 5.78 Å². The highest BCUT2D eigenvalue weighted by atomic mass is 32.2. The van der Waals surface area contributed by atoms with E-state index in [2.05, 4.69) is 11.1 Å². The molecular weight excluding hydrogens is 517 g/mol. The van der Waals surface area contributed by atoms with Gasteiger partial charge in [-0.3, -0.25) is 14.4 Å². The van der Waals surface area contributed by atoms with E-state index in [1.165, 1.54) is 42.5 Å². The molecule has 2 fully saturated rings. The molecule has 2 heterocycles. The van der Waals surface area contributed by atoms with Crippen molar-refractivity contribution < 1.29 is 18.8 Å². The number of anilines is 2. The predicted octanol–water partition coefficient (Wildman–Crippen LogP) is 4.74. The number of carbonyl (C=O) groups excluding carboxylic acids is 3. The number of hydrogen-bond acceptors (Lipinski definition) is 8. The van der Waals surface area contributed by atoms with Gasteiger partial charge in [0.05, 0.1) is 22.1 Å². The molecule has 1 aromatic heterocycles. The van der Waals surface area contributed by atoms with Crippen LogP contribution in [0.5, 0.6) is 0 Å². The number of nitrogen functional groups attached to an aromatic ring is 1. The molecule has 1 aliphatic heterocycles. The molecule has 10 heteroatoms. The quantitative estimate of drug-likeness (QED) is 0.259. The van der Waals surface area contributed by atoms with E-state index in [1.54, 1.807) is 18.2 Å². The Hall–Kier alpha value is -4.80. The van der Waals surface area contributed by atoms with Crippen molar-refractivity contribution in [1.82, 2.24) is 4.98 Å². The summed E-state index contributed by atoms with van der Waals surface area (Å²) in [6.45, 7) is 0. The highest BCUT2D eigenvalue weighted by Gasteiger charge is 2.42. The van der Waals surface area contributed by atoms with Crippen LogP contribution in [0.2, 0.25) is 0 Å². The van der Waals surface area contributed by atoms with Crippen LogP contribution in [0, 0.1) is 28.5 Å². The molecule has 39 heavy (non-hydrogen) atoms. The van der Waals surface area contributed by atoms with Gasteiger partial charge in [0, 0.05) is 17.5 Å². The van der Waals surface area contributed by atoms with E-state index in [0.717, 1.165) is 29.5 Å². The van der Waals surface area contributed by atoms with Gasteiger partial charge in [0.2, 0.25) is 11.8 Å². The molecular formula is C29H20FN5O3S. The number of nitriles is 2. The second kappa shape index (κ2) is 10.5. The third kappa shape index (κ3) is 5.02. The topological polar surface area (TPSA) is 141 Å². The van der Waals surface area contributed by atoms with Crippen molar-refractivity contribution in [2.75, 3.05) is 10.6 Å². The zero-order valence-electron chi connectivity index (χ0n) is 20.4. The maximum atomic E-state index is 13.8. The number of ketones is 1. The Kier molecular flexibility index (Phi) is 6.97. The number of aromatic nitrogens is 1. The molecule has 192 valence electrons. The van der Waals surface area contributed by atoms with Gasteiger partial charge in [0.25, 0.3) is 0 Å². The third-order valence-corrected chi connectivity index (χ3v) is 7.70. The summed E-state index contributed by atoms with van der Waals surface area (Å²) in [6, 6.07) is 16.2. The number of halogens is 1. The van der Waals surface area contributed by atoms with Crippen molar-refractivity contribution in [1.29, 1.82) is 10.5 Å². The number of benzene rings is 2. The lowest BCUT2D eigenvalue weighted by Crippen LogP contribution is -2.31. The Bertz CT molecular complexity index is 1630. The largest absolute Gasteiger partial charge is 0.383 e. The fourth-order valence-corrected chi connectivity index (χ4v) is 5.57. The SMILES string of the molecule is N#Cc1c(N)nc(SC2CC(=O)N(c3ccc(C(=O)C=Cc4ccccc4F)cc3)C2=O)c(C#N)c1C1CC1. The number of nitrogens with zero attached hydrogens (tertiary/aromatic N) is 4. The van der Waals surface area contributed by atoms with Gasteiger partial charge < -0.3 is 5.73 Å². The molecule has 1 atom stereocenters. The summed E-state index contributed by atoms with van der Waals surface area (Å²) in [5.41, 5.74) is 7.86. The molecule has 1 unspecified atom stereocenters. The zero-order chi connectivity index (χ0) is 27.7.